The molecule has 4 fully saturated rings. The lowest BCUT2D eigenvalue weighted by Gasteiger charge is -2.42. The molecule has 3 atom stereocenters. The molecule has 0 radical (unpaired) electrons. The van der Waals surface area contributed by atoms with Gasteiger partial charge in [-0.15, -0.1) is 0 Å². The predicted molar refractivity (Wildman–Crippen MR) is 77.8 cm³/mol. The predicted octanol–water partition coefficient (Wildman–Crippen LogP) is 1.40. The van der Waals surface area contributed by atoms with Crippen LogP contribution in [0.2, 0.25) is 0 Å². The van der Waals surface area contributed by atoms with E-state index >= 15 is 0 Å². The third-order valence-electron chi connectivity index (χ3n) is 5.66. The quantitative estimate of drug-likeness (QED) is 0.825. The Balaban J connectivity index is 1.41. The number of nitrogens with zero attached hydrogens (tertiary/aromatic N) is 1. The monoisotopic (exact) mass is 280 g/mol. The highest BCUT2D eigenvalue weighted by molar-refractivity contribution is 4.96. The molecule has 0 bridgehead atoms. The van der Waals surface area contributed by atoms with Crippen LogP contribution in [-0.4, -0.2) is 62.5 Å². The number of rotatable bonds is 5. The number of fused-ring (bicyclic) bond motifs is 1. The summed E-state index contributed by atoms with van der Waals surface area (Å²) in [6.07, 6.45) is 8.43. The van der Waals surface area contributed by atoms with E-state index in [1.54, 1.807) is 0 Å². The van der Waals surface area contributed by atoms with Crippen LogP contribution in [0.5, 0.6) is 0 Å². The van der Waals surface area contributed by atoms with Gasteiger partial charge >= 0.3 is 0 Å². The molecule has 0 aromatic carbocycles. The maximum absolute atomic E-state index is 5.95. The molecular formula is C16H28N2O2. The van der Waals surface area contributed by atoms with Gasteiger partial charge in [0.05, 0.1) is 19.3 Å². The summed E-state index contributed by atoms with van der Waals surface area (Å²) < 4.78 is 11.7. The molecule has 4 heteroatoms. The lowest BCUT2D eigenvalue weighted by atomic mass is 9.85. The minimum atomic E-state index is 0.354. The van der Waals surface area contributed by atoms with E-state index < -0.39 is 0 Å². The van der Waals surface area contributed by atoms with Crippen molar-refractivity contribution in [2.45, 2.75) is 56.7 Å². The minimum absolute atomic E-state index is 0.354. The highest BCUT2D eigenvalue weighted by Crippen LogP contribution is 2.35. The first-order chi connectivity index (χ1) is 9.85. The second-order valence-corrected chi connectivity index (χ2v) is 7.34. The first-order valence-electron chi connectivity index (χ1n) is 8.52. The van der Waals surface area contributed by atoms with E-state index in [0.717, 1.165) is 39.0 Å². The van der Waals surface area contributed by atoms with Crippen molar-refractivity contribution in [3.8, 4) is 0 Å². The van der Waals surface area contributed by atoms with E-state index in [1.807, 2.05) is 0 Å². The van der Waals surface area contributed by atoms with Gasteiger partial charge in [0.25, 0.3) is 0 Å². The standard InChI is InChI=1S/C16H28N2O2/c1-2-14-15(3-1)20-9-7-18(14)11-16(6-8-19-12-16)10-17-13-4-5-13/h13-15,17H,1-12H2. The van der Waals surface area contributed by atoms with Crippen molar-refractivity contribution >= 4 is 0 Å². The molecule has 2 aliphatic carbocycles. The van der Waals surface area contributed by atoms with Crippen LogP contribution in [0.15, 0.2) is 0 Å². The second kappa shape index (κ2) is 5.56. The molecule has 2 heterocycles. The van der Waals surface area contributed by atoms with Crippen molar-refractivity contribution in [2.24, 2.45) is 5.41 Å². The van der Waals surface area contributed by atoms with Crippen LogP contribution in [0.3, 0.4) is 0 Å². The van der Waals surface area contributed by atoms with Crippen LogP contribution in [-0.2, 0) is 9.47 Å². The summed E-state index contributed by atoms with van der Waals surface area (Å²) in [6.45, 7) is 6.29. The van der Waals surface area contributed by atoms with Crippen molar-refractivity contribution < 1.29 is 9.47 Å². The zero-order chi connectivity index (χ0) is 13.4. The Labute approximate surface area is 122 Å². The van der Waals surface area contributed by atoms with Crippen LogP contribution in [0.25, 0.3) is 0 Å². The van der Waals surface area contributed by atoms with Crippen molar-refractivity contribution in [2.75, 3.05) is 39.5 Å². The lowest BCUT2D eigenvalue weighted by molar-refractivity contribution is -0.0691. The summed E-state index contributed by atoms with van der Waals surface area (Å²) in [5.74, 6) is 0. The molecule has 114 valence electrons. The molecule has 20 heavy (non-hydrogen) atoms. The Morgan fingerprint density at radius 2 is 2.10 bits per heavy atom. The molecule has 4 aliphatic rings. The maximum Gasteiger partial charge on any atom is 0.0730 e. The Bertz CT molecular complexity index is 339. The Kier molecular flexibility index (Phi) is 3.75. The fraction of sp³-hybridized carbons (Fsp3) is 1.00. The van der Waals surface area contributed by atoms with Gasteiger partial charge in [0.15, 0.2) is 0 Å². The van der Waals surface area contributed by atoms with Gasteiger partial charge in [-0.3, -0.25) is 4.90 Å². The molecular weight excluding hydrogens is 252 g/mol. The summed E-state index contributed by atoms with van der Waals surface area (Å²) in [7, 11) is 0. The zero-order valence-electron chi connectivity index (χ0n) is 12.5. The summed E-state index contributed by atoms with van der Waals surface area (Å²) in [4.78, 5) is 2.73. The van der Waals surface area contributed by atoms with Gasteiger partial charge in [0, 0.05) is 43.7 Å². The fourth-order valence-corrected chi connectivity index (χ4v) is 4.25. The van der Waals surface area contributed by atoms with E-state index in [4.69, 9.17) is 9.47 Å². The first-order valence-corrected chi connectivity index (χ1v) is 8.52. The molecule has 2 saturated heterocycles. The van der Waals surface area contributed by atoms with Crippen molar-refractivity contribution in [3.05, 3.63) is 0 Å². The van der Waals surface area contributed by atoms with E-state index in [2.05, 4.69) is 10.2 Å². The minimum Gasteiger partial charge on any atom is -0.381 e. The zero-order valence-corrected chi connectivity index (χ0v) is 12.5. The first kappa shape index (κ1) is 13.5. The Morgan fingerprint density at radius 1 is 1.15 bits per heavy atom. The summed E-state index contributed by atoms with van der Waals surface area (Å²) in [5, 5.41) is 3.75. The Morgan fingerprint density at radius 3 is 2.90 bits per heavy atom. The van der Waals surface area contributed by atoms with Crippen LogP contribution in [0.1, 0.15) is 38.5 Å². The molecule has 1 N–H and O–H groups in total. The van der Waals surface area contributed by atoms with Gasteiger partial charge in [0.2, 0.25) is 0 Å². The maximum atomic E-state index is 5.95. The van der Waals surface area contributed by atoms with E-state index in [-0.39, 0.29) is 0 Å². The fourth-order valence-electron chi connectivity index (χ4n) is 4.25. The molecule has 0 amide bonds. The van der Waals surface area contributed by atoms with E-state index in [0.29, 0.717) is 17.6 Å². The number of ether oxygens (including phenoxy) is 2. The van der Waals surface area contributed by atoms with Crippen molar-refractivity contribution in [1.82, 2.24) is 10.2 Å². The van der Waals surface area contributed by atoms with Crippen LogP contribution < -0.4 is 5.32 Å². The third-order valence-corrected chi connectivity index (χ3v) is 5.66. The highest BCUT2D eigenvalue weighted by Gasteiger charge is 2.43. The molecule has 4 nitrogen and oxygen atoms in total. The molecule has 3 unspecified atom stereocenters. The number of morpholine rings is 1. The van der Waals surface area contributed by atoms with Crippen molar-refractivity contribution in [1.29, 1.82) is 0 Å². The third kappa shape index (κ3) is 2.76. The lowest BCUT2D eigenvalue weighted by Crippen LogP contribution is -2.54. The average Bonchev–Trinajstić information content (AvgIpc) is 2.98. The average molecular weight is 280 g/mol. The molecule has 0 spiro atoms. The molecule has 0 aromatic heterocycles. The summed E-state index contributed by atoms with van der Waals surface area (Å²) in [5.41, 5.74) is 0.354. The molecule has 2 saturated carbocycles. The molecule has 0 aromatic rings. The number of nitrogens with one attached hydrogen (secondary N) is 1. The van der Waals surface area contributed by atoms with Gasteiger partial charge in [-0.25, -0.2) is 0 Å². The largest absolute Gasteiger partial charge is 0.381 e. The van der Waals surface area contributed by atoms with Gasteiger partial charge < -0.3 is 14.8 Å². The van der Waals surface area contributed by atoms with Crippen LogP contribution in [0, 0.1) is 5.41 Å². The van der Waals surface area contributed by atoms with Gasteiger partial charge in [0.1, 0.15) is 0 Å². The smallest absolute Gasteiger partial charge is 0.0730 e. The number of hydrogen-bond donors (Lipinski definition) is 1. The topological polar surface area (TPSA) is 33.7 Å². The SMILES string of the molecule is C1CC2OCCN(CC3(CNC4CC4)CCOC3)C2C1. The summed E-state index contributed by atoms with van der Waals surface area (Å²) in [6, 6.07) is 1.48. The van der Waals surface area contributed by atoms with Gasteiger partial charge in [-0.1, -0.05) is 0 Å². The van der Waals surface area contributed by atoms with E-state index in [1.165, 1.54) is 45.1 Å². The van der Waals surface area contributed by atoms with Crippen molar-refractivity contribution in [3.63, 3.8) is 0 Å². The van der Waals surface area contributed by atoms with E-state index in [9.17, 15) is 0 Å². The normalized spacial score (nSPS) is 42.0. The van der Waals surface area contributed by atoms with Gasteiger partial charge in [-0.2, -0.15) is 0 Å². The van der Waals surface area contributed by atoms with Crippen LogP contribution >= 0.6 is 0 Å². The van der Waals surface area contributed by atoms with Crippen LogP contribution in [0.4, 0.5) is 0 Å². The Hall–Kier alpha value is -0.160. The molecule has 4 rings (SSSR count). The number of hydrogen-bond acceptors (Lipinski definition) is 4. The highest BCUT2D eigenvalue weighted by atomic mass is 16.5. The summed E-state index contributed by atoms with van der Waals surface area (Å²) >= 11 is 0. The van der Waals surface area contributed by atoms with Gasteiger partial charge in [-0.05, 0) is 38.5 Å². The molecule has 2 aliphatic heterocycles. The second-order valence-electron chi connectivity index (χ2n) is 7.34.